The summed E-state index contributed by atoms with van der Waals surface area (Å²) < 4.78 is 5.71. The number of ether oxygens (including phenoxy) is 1. The van der Waals surface area contributed by atoms with Crippen molar-refractivity contribution in [1.29, 1.82) is 0 Å². The van der Waals surface area contributed by atoms with Gasteiger partial charge in [0, 0.05) is 0 Å². The Hall–Kier alpha value is -0.0800. The zero-order valence-electron chi connectivity index (χ0n) is 7.63. The van der Waals surface area contributed by atoms with E-state index in [0.29, 0.717) is 0 Å². The molecule has 11 heavy (non-hydrogen) atoms. The summed E-state index contributed by atoms with van der Waals surface area (Å²) in [5, 5.41) is 9.25. The van der Waals surface area contributed by atoms with Crippen LogP contribution in [0.3, 0.4) is 0 Å². The molecule has 1 rings (SSSR count). The van der Waals surface area contributed by atoms with Gasteiger partial charge < -0.3 is 9.84 Å². The van der Waals surface area contributed by atoms with E-state index >= 15 is 0 Å². The molecule has 2 nitrogen and oxygen atoms in total. The van der Waals surface area contributed by atoms with Gasteiger partial charge in [-0.1, -0.05) is 6.92 Å². The van der Waals surface area contributed by atoms with Crippen molar-refractivity contribution < 1.29 is 9.84 Å². The van der Waals surface area contributed by atoms with Crippen molar-refractivity contribution in [2.45, 2.75) is 57.8 Å². The summed E-state index contributed by atoms with van der Waals surface area (Å²) in [7, 11) is 0. The molecule has 66 valence electrons. The predicted octanol–water partition coefficient (Wildman–Crippen LogP) is 1.71. The number of aliphatic hydroxyl groups excluding tert-OH is 1. The lowest BCUT2D eigenvalue weighted by Crippen LogP contribution is -2.28. The van der Waals surface area contributed by atoms with Crippen LogP contribution in [-0.4, -0.2) is 22.9 Å². The third-order valence-corrected chi connectivity index (χ3v) is 2.68. The molecule has 0 bridgehead atoms. The monoisotopic (exact) mass is 158 g/mol. The van der Waals surface area contributed by atoms with E-state index < -0.39 is 0 Å². The molecule has 3 atom stereocenters. The highest BCUT2D eigenvalue weighted by atomic mass is 16.5. The van der Waals surface area contributed by atoms with Gasteiger partial charge in [-0.05, 0) is 33.1 Å². The second-order valence-corrected chi connectivity index (χ2v) is 3.74. The number of hydrogen-bond donors (Lipinski definition) is 1. The van der Waals surface area contributed by atoms with Gasteiger partial charge in [0.05, 0.1) is 17.8 Å². The lowest BCUT2D eigenvalue weighted by molar-refractivity contribution is -0.0752. The lowest BCUT2D eigenvalue weighted by atomic mass is 9.99. The van der Waals surface area contributed by atoms with Crippen molar-refractivity contribution in [3.8, 4) is 0 Å². The minimum Gasteiger partial charge on any atom is -0.391 e. The molecule has 1 aliphatic rings. The second-order valence-electron chi connectivity index (χ2n) is 3.74. The summed E-state index contributed by atoms with van der Waals surface area (Å²) in [5.41, 5.74) is 0.0294. The molecule has 2 heteroatoms. The molecule has 0 aliphatic carbocycles. The summed E-state index contributed by atoms with van der Waals surface area (Å²) >= 11 is 0. The second kappa shape index (κ2) is 3.11. The molecule has 1 fully saturated rings. The van der Waals surface area contributed by atoms with Crippen LogP contribution < -0.4 is 0 Å². The van der Waals surface area contributed by atoms with Crippen LogP contribution >= 0.6 is 0 Å². The molecule has 0 amide bonds. The average molecular weight is 158 g/mol. The largest absolute Gasteiger partial charge is 0.391 e. The maximum Gasteiger partial charge on any atom is 0.0839 e. The molecule has 0 spiro atoms. The van der Waals surface area contributed by atoms with Gasteiger partial charge in [0.15, 0.2) is 0 Å². The zero-order chi connectivity index (χ0) is 8.48. The Morgan fingerprint density at radius 2 is 2.36 bits per heavy atom. The summed E-state index contributed by atoms with van der Waals surface area (Å²) in [6.45, 7) is 6.05. The van der Waals surface area contributed by atoms with E-state index in [1.807, 2.05) is 0 Å². The quantitative estimate of drug-likeness (QED) is 0.663. The molecule has 1 saturated heterocycles. The Morgan fingerprint density at radius 1 is 1.73 bits per heavy atom. The Labute approximate surface area is 68.6 Å². The van der Waals surface area contributed by atoms with Crippen LogP contribution in [0.25, 0.3) is 0 Å². The van der Waals surface area contributed by atoms with Gasteiger partial charge >= 0.3 is 0 Å². The third-order valence-electron chi connectivity index (χ3n) is 2.68. The fraction of sp³-hybridized carbons (Fsp3) is 1.00. The minimum absolute atomic E-state index is 0.0294. The van der Waals surface area contributed by atoms with Crippen LogP contribution in [0, 0.1) is 0 Å². The van der Waals surface area contributed by atoms with Crippen molar-refractivity contribution in [3.63, 3.8) is 0 Å². The molecule has 0 aromatic heterocycles. The molecule has 1 unspecified atom stereocenters. The summed E-state index contributed by atoms with van der Waals surface area (Å²) in [6.07, 6.45) is 2.88. The first-order valence-electron chi connectivity index (χ1n) is 4.43. The van der Waals surface area contributed by atoms with E-state index in [0.717, 1.165) is 19.3 Å². The van der Waals surface area contributed by atoms with Crippen molar-refractivity contribution in [1.82, 2.24) is 0 Å². The molecule has 1 heterocycles. The fourth-order valence-corrected chi connectivity index (χ4v) is 1.53. The van der Waals surface area contributed by atoms with Crippen LogP contribution in [-0.2, 0) is 4.74 Å². The molecular weight excluding hydrogens is 140 g/mol. The van der Waals surface area contributed by atoms with Crippen LogP contribution in [0.5, 0.6) is 0 Å². The highest BCUT2D eigenvalue weighted by Crippen LogP contribution is 2.33. The van der Waals surface area contributed by atoms with Gasteiger partial charge in [0.25, 0.3) is 0 Å². The number of aliphatic hydroxyl groups is 1. The van der Waals surface area contributed by atoms with Gasteiger partial charge in [-0.2, -0.15) is 0 Å². The van der Waals surface area contributed by atoms with Crippen LogP contribution in [0.15, 0.2) is 0 Å². The normalized spacial score (nSPS) is 40.9. The first-order valence-corrected chi connectivity index (χ1v) is 4.43. The SMILES string of the molecule is CCC1(C)CC[C@@H]([C@@H](C)O)O1. The minimum atomic E-state index is -0.316. The van der Waals surface area contributed by atoms with Gasteiger partial charge in [0.2, 0.25) is 0 Å². The molecule has 0 radical (unpaired) electrons. The Morgan fingerprint density at radius 3 is 2.64 bits per heavy atom. The summed E-state index contributed by atoms with van der Waals surface area (Å²) in [5.74, 6) is 0. The van der Waals surface area contributed by atoms with Gasteiger partial charge in [-0.25, -0.2) is 0 Å². The van der Waals surface area contributed by atoms with Crippen LogP contribution in [0.1, 0.15) is 40.0 Å². The highest BCUT2D eigenvalue weighted by Gasteiger charge is 2.36. The zero-order valence-corrected chi connectivity index (χ0v) is 7.63. The summed E-state index contributed by atoms with van der Waals surface area (Å²) in [6, 6.07) is 0. The molecule has 0 aromatic rings. The summed E-state index contributed by atoms with van der Waals surface area (Å²) in [4.78, 5) is 0. The van der Waals surface area contributed by atoms with Crippen LogP contribution in [0.2, 0.25) is 0 Å². The fourth-order valence-electron chi connectivity index (χ4n) is 1.53. The van der Waals surface area contributed by atoms with Crippen molar-refractivity contribution >= 4 is 0 Å². The number of hydrogen-bond acceptors (Lipinski definition) is 2. The maximum absolute atomic E-state index is 9.25. The average Bonchev–Trinajstić information content (AvgIpc) is 2.33. The number of rotatable bonds is 2. The van der Waals surface area contributed by atoms with Crippen molar-refractivity contribution in [2.75, 3.05) is 0 Å². The first-order chi connectivity index (χ1) is 5.07. The molecule has 1 aliphatic heterocycles. The Balaban J connectivity index is 2.46. The topological polar surface area (TPSA) is 29.5 Å². The maximum atomic E-state index is 9.25. The highest BCUT2D eigenvalue weighted by molar-refractivity contribution is 4.85. The van der Waals surface area contributed by atoms with E-state index in [-0.39, 0.29) is 17.8 Å². The standard InChI is InChI=1S/C9H18O2/c1-4-9(3)6-5-8(11-9)7(2)10/h7-8,10H,4-6H2,1-3H3/t7-,8+,9?/m1/s1. The van der Waals surface area contributed by atoms with Gasteiger partial charge in [0.1, 0.15) is 0 Å². The Bertz CT molecular complexity index is 134. The third kappa shape index (κ3) is 1.94. The molecule has 1 N–H and O–H groups in total. The predicted molar refractivity (Wildman–Crippen MR) is 44.5 cm³/mol. The first kappa shape index (κ1) is 9.01. The van der Waals surface area contributed by atoms with E-state index in [4.69, 9.17) is 4.74 Å². The van der Waals surface area contributed by atoms with E-state index in [9.17, 15) is 5.11 Å². The van der Waals surface area contributed by atoms with Gasteiger partial charge in [-0.15, -0.1) is 0 Å². The van der Waals surface area contributed by atoms with E-state index in [1.165, 1.54) is 0 Å². The van der Waals surface area contributed by atoms with E-state index in [2.05, 4.69) is 13.8 Å². The van der Waals surface area contributed by atoms with Crippen molar-refractivity contribution in [3.05, 3.63) is 0 Å². The Kier molecular flexibility index (Phi) is 2.55. The molecule has 0 aromatic carbocycles. The smallest absolute Gasteiger partial charge is 0.0839 e. The lowest BCUT2D eigenvalue weighted by Gasteiger charge is -2.23. The molecular formula is C9H18O2. The molecule has 0 saturated carbocycles. The van der Waals surface area contributed by atoms with E-state index in [1.54, 1.807) is 6.92 Å². The van der Waals surface area contributed by atoms with Crippen molar-refractivity contribution in [2.24, 2.45) is 0 Å². The van der Waals surface area contributed by atoms with Crippen LogP contribution in [0.4, 0.5) is 0 Å². The van der Waals surface area contributed by atoms with Gasteiger partial charge in [-0.3, -0.25) is 0 Å².